The smallest absolute Gasteiger partial charge is 0.387 e. The molecule has 2 atom stereocenters. The second-order valence-electron chi connectivity index (χ2n) is 5.25. The summed E-state index contributed by atoms with van der Waals surface area (Å²) in [6, 6.07) is 7.77. The van der Waals surface area contributed by atoms with Crippen LogP contribution in [0.25, 0.3) is 0 Å². The summed E-state index contributed by atoms with van der Waals surface area (Å²) in [5.41, 5.74) is 1.13. The molecule has 0 aromatic heterocycles. The maximum atomic E-state index is 12.1. The van der Waals surface area contributed by atoms with E-state index in [1.54, 1.807) is 12.1 Å². The van der Waals surface area contributed by atoms with Crippen LogP contribution in [0.3, 0.4) is 0 Å². The first-order chi connectivity index (χ1) is 9.60. The largest absolute Gasteiger partial charge is 0.435 e. The van der Waals surface area contributed by atoms with E-state index in [9.17, 15) is 8.78 Å². The van der Waals surface area contributed by atoms with Crippen molar-refractivity contribution in [2.45, 2.75) is 38.5 Å². The number of alkyl halides is 2. The fourth-order valence-corrected chi connectivity index (χ4v) is 2.73. The first kappa shape index (κ1) is 18.1. The number of nitrogens with one attached hydrogen (secondary N) is 1. The van der Waals surface area contributed by atoms with Gasteiger partial charge in [-0.25, -0.2) is 0 Å². The Labute approximate surface area is 131 Å². The van der Waals surface area contributed by atoms with Crippen LogP contribution in [0, 0.1) is 0 Å². The van der Waals surface area contributed by atoms with Crippen LogP contribution in [-0.4, -0.2) is 37.7 Å². The number of benzene rings is 1. The third kappa shape index (κ3) is 5.09. The average molecular weight is 321 g/mol. The Bertz CT molecular complexity index is 417. The molecule has 1 heterocycles. The van der Waals surface area contributed by atoms with E-state index >= 15 is 0 Å². The fourth-order valence-electron chi connectivity index (χ4n) is 2.73. The van der Waals surface area contributed by atoms with E-state index in [0.29, 0.717) is 6.04 Å². The van der Waals surface area contributed by atoms with Crippen LogP contribution >= 0.6 is 12.4 Å². The van der Waals surface area contributed by atoms with Crippen molar-refractivity contribution in [3.05, 3.63) is 29.8 Å². The Morgan fingerprint density at radius 3 is 2.52 bits per heavy atom. The molecule has 21 heavy (non-hydrogen) atoms. The van der Waals surface area contributed by atoms with Gasteiger partial charge in [-0.1, -0.05) is 12.1 Å². The summed E-state index contributed by atoms with van der Waals surface area (Å²) in [5.74, 6) is 0.211. The van der Waals surface area contributed by atoms with Crippen LogP contribution in [-0.2, 0) is 0 Å². The number of halogens is 3. The van der Waals surface area contributed by atoms with Gasteiger partial charge in [0.05, 0.1) is 0 Å². The molecule has 1 aliphatic rings. The summed E-state index contributed by atoms with van der Waals surface area (Å²) in [6.45, 7) is 1.49. The molecule has 1 fully saturated rings. The van der Waals surface area contributed by atoms with Crippen LogP contribution in [0.15, 0.2) is 24.3 Å². The molecular weight excluding hydrogens is 298 g/mol. The van der Waals surface area contributed by atoms with E-state index in [4.69, 9.17) is 0 Å². The maximum absolute atomic E-state index is 12.1. The van der Waals surface area contributed by atoms with Crippen molar-refractivity contribution >= 4 is 12.4 Å². The van der Waals surface area contributed by atoms with E-state index in [1.807, 2.05) is 19.2 Å². The monoisotopic (exact) mass is 320 g/mol. The predicted octanol–water partition coefficient (Wildman–Crippen LogP) is 3.45. The molecule has 120 valence electrons. The van der Waals surface area contributed by atoms with Gasteiger partial charge in [-0.15, -0.1) is 12.4 Å². The van der Waals surface area contributed by atoms with Crippen LogP contribution in [0.1, 0.15) is 31.4 Å². The lowest BCUT2D eigenvalue weighted by molar-refractivity contribution is -0.0498. The van der Waals surface area contributed by atoms with Gasteiger partial charge in [0.25, 0.3) is 0 Å². The first-order valence-electron chi connectivity index (χ1n) is 7.06. The second kappa shape index (κ2) is 8.51. The molecule has 0 aliphatic carbocycles. The number of piperidine rings is 1. The minimum atomic E-state index is -2.77. The van der Waals surface area contributed by atoms with Crippen molar-refractivity contribution in [1.82, 2.24) is 10.2 Å². The minimum Gasteiger partial charge on any atom is -0.435 e. The summed E-state index contributed by atoms with van der Waals surface area (Å²) in [7, 11) is 2.00. The zero-order valence-corrected chi connectivity index (χ0v) is 13.2. The Balaban J connectivity index is 0.00000220. The van der Waals surface area contributed by atoms with E-state index in [-0.39, 0.29) is 24.2 Å². The molecule has 2 unspecified atom stereocenters. The quantitative estimate of drug-likeness (QED) is 0.899. The number of rotatable bonds is 5. The number of hydrogen-bond donors (Lipinski definition) is 1. The van der Waals surface area contributed by atoms with Gasteiger partial charge in [-0.05, 0) is 51.1 Å². The highest BCUT2D eigenvalue weighted by atomic mass is 35.5. The molecule has 0 spiro atoms. The topological polar surface area (TPSA) is 24.5 Å². The number of nitrogens with zero attached hydrogens (tertiary/aromatic N) is 1. The van der Waals surface area contributed by atoms with Crippen molar-refractivity contribution in [3.8, 4) is 5.75 Å². The average Bonchev–Trinajstić information content (AvgIpc) is 2.47. The van der Waals surface area contributed by atoms with Gasteiger partial charge in [-0.2, -0.15) is 8.78 Å². The molecule has 1 aliphatic heterocycles. The van der Waals surface area contributed by atoms with Gasteiger partial charge in [0.2, 0.25) is 0 Å². The number of ether oxygens (including phenoxy) is 1. The summed E-state index contributed by atoms with van der Waals surface area (Å²) < 4.78 is 28.6. The van der Waals surface area contributed by atoms with Gasteiger partial charge in [0.15, 0.2) is 0 Å². The second-order valence-corrected chi connectivity index (χ2v) is 5.25. The highest BCUT2D eigenvalue weighted by Crippen LogP contribution is 2.26. The predicted molar refractivity (Wildman–Crippen MR) is 82.4 cm³/mol. The minimum absolute atomic E-state index is 0. The summed E-state index contributed by atoms with van der Waals surface area (Å²) in [4.78, 5) is 2.42. The summed E-state index contributed by atoms with van der Waals surface area (Å²) >= 11 is 0. The molecule has 6 heteroatoms. The van der Waals surface area contributed by atoms with Gasteiger partial charge in [-0.3, -0.25) is 4.90 Å². The van der Waals surface area contributed by atoms with Crippen molar-refractivity contribution in [2.75, 3.05) is 20.1 Å². The van der Waals surface area contributed by atoms with E-state index in [0.717, 1.165) is 18.7 Å². The maximum Gasteiger partial charge on any atom is 0.387 e. The zero-order valence-electron chi connectivity index (χ0n) is 12.4. The molecule has 3 nitrogen and oxygen atoms in total. The van der Waals surface area contributed by atoms with Gasteiger partial charge in [0, 0.05) is 18.6 Å². The van der Waals surface area contributed by atoms with Crippen LogP contribution in [0.4, 0.5) is 8.78 Å². The Hall–Kier alpha value is -0.910. The Morgan fingerprint density at radius 2 is 1.95 bits per heavy atom. The molecule has 1 aromatic carbocycles. The van der Waals surface area contributed by atoms with Crippen molar-refractivity contribution in [1.29, 1.82) is 0 Å². The number of likely N-dealkylation sites (N-methyl/N-ethyl adjacent to an activating group) is 1. The summed E-state index contributed by atoms with van der Waals surface area (Å²) in [6.07, 6.45) is 2.39. The number of hydrogen-bond acceptors (Lipinski definition) is 3. The summed E-state index contributed by atoms with van der Waals surface area (Å²) in [5, 5.41) is 3.33. The van der Waals surface area contributed by atoms with Gasteiger partial charge < -0.3 is 10.1 Å². The van der Waals surface area contributed by atoms with Crippen molar-refractivity contribution < 1.29 is 13.5 Å². The Kier molecular flexibility index (Phi) is 7.35. The molecule has 1 aromatic rings. The van der Waals surface area contributed by atoms with Crippen LogP contribution in [0.2, 0.25) is 0 Å². The third-order valence-corrected chi connectivity index (χ3v) is 4.00. The molecule has 0 amide bonds. The van der Waals surface area contributed by atoms with Crippen LogP contribution in [0.5, 0.6) is 5.75 Å². The molecule has 0 bridgehead atoms. The number of likely N-dealkylation sites (tertiary alicyclic amines) is 1. The standard InChI is InChI=1S/C15H22F2N2O.ClH/c1-11(19-9-3-4-13(10-19)18-2)12-5-7-14(8-6-12)20-15(16)17;/h5-8,11,13,15,18H,3-4,9-10H2,1-2H3;1H. The SMILES string of the molecule is CNC1CCCN(C(C)c2ccc(OC(F)F)cc2)C1.Cl. The van der Waals surface area contributed by atoms with Crippen molar-refractivity contribution in [2.24, 2.45) is 0 Å². The fraction of sp³-hybridized carbons (Fsp3) is 0.600. The van der Waals surface area contributed by atoms with Crippen molar-refractivity contribution in [3.63, 3.8) is 0 Å². The highest BCUT2D eigenvalue weighted by molar-refractivity contribution is 5.85. The first-order valence-corrected chi connectivity index (χ1v) is 7.06. The van der Waals surface area contributed by atoms with E-state index in [1.165, 1.54) is 12.8 Å². The molecule has 0 radical (unpaired) electrons. The lowest BCUT2D eigenvalue weighted by Gasteiger charge is -2.37. The zero-order chi connectivity index (χ0) is 14.5. The lowest BCUT2D eigenvalue weighted by atomic mass is 10.0. The van der Waals surface area contributed by atoms with Gasteiger partial charge >= 0.3 is 6.61 Å². The third-order valence-electron chi connectivity index (χ3n) is 4.00. The van der Waals surface area contributed by atoms with Crippen LogP contribution < -0.4 is 10.1 Å². The van der Waals surface area contributed by atoms with E-state index in [2.05, 4.69) is 21.9 Å². The molecule has 1 N–H and O–H groups in total. The molecule has 1 saturated heterocycles. The highest BCUT2D eigenvalue weighted by Gasteiger charge is 2.23. The normalized spacial score (nSPS) is 20.9. The molecule has 0 saturated carbocycles. The molecule has 2 rings (SSSR count). The Morgan fingerprint density at radius 1 is 1.29 bits per heavy atom. The molecular formula is C15H23ClF2N2O. The lowest BCUT2D eigenvalue weighted by Crippen LogP contribution is -2.45. The van der Waals surface area contributed by atoms with E-state index < -0.39 is 6.61 Å². The van der Waals surface area contributed by atoms with Gasteiger partial charge in [0.1, 0.15) is 5.75 Å².